The average molecular weight is 292 g/mol. The van der Waals surface area contributed by atoms with Gasteiger partial charge in [-0.3, -0.25) is 4.72 Å². The summed E-state index contributed by atoms with van der Waals surface area (Å²) in [6.45, 7) is 3.38. The summed E-state index contributed by atoms with van der Waals surface area (Å²) in [5.41, 5.74) is 7.71. The standard InChI is InChI=1S/C10H16N2O4S2/c1-7-4-5-9(11)8(2)10(7)12-18(15,16)6-17(3,13)14/h4-5,12H,6,11H2,1-3H3. The Hall–Kier alpha value is -1.28. The number of sulfonamides is 1. The monoisotopic (exact) mass is 292 g/mol. The van der Waals surface area contributed by atoms with Crippen molar-refractivity contribution in [3.63, 3.8) is 0 Å². The molecule has 0 aliphatic rings. The van der Waals surface area contributed by atoms with Crippen LogP contribution in [-0.4, -0.2) is 28.2 Å². The molecule has 0 spiro atoms. The highest BCUT2D eigenvalue weighted by molar-refractivity contribution is 8.08. The van der Waals surface area contributed by atoms with Crippen molar-refractivity contribution in [1.29, 1.82) is 0 Å². The van der Waals surface area contributed by atoms with E-state index in [-0.39, 0.29) is 0 Å². The first-order valence-electron chi connectivity index (χ1n) is 5.06. The van der Waals surface area contributed by atoms with Crippen LogP contribution in [0.25, 0.3) is 0 Å². The van der Waals surface area contributed by atoms with E-state index in [9.17, 15) is 16.8 Å². The highest BCUT2D eigenvalue weighted by Gasteiger charge is 2.20. The lowest BCUT2D eigenvalue weighted by Crippen LogP contribution is -2.23. The van der Waals surface area contributed by atoms with Gasteiger partial charge in [0.05, 0.1) is 5.69 Å². The number of nitrogen functional groups attached to an aromatic ring is 1. The van der Waals surface area contributed by atoms with Crippen LogP contribution in [0.3, 0.4) is 0 Å². The first-order valence-corrected chi connectivity index (χ1v) is 8.77. The molecule has 8 heteroatoms. The van der Waals surface area contributed by atoms with E-state index in [1.807, 2.05) is 0 Å². The second-order valence-corrected chi connectivity index (χ2v) is 8.46. The molecule has 1 aromatic rings. The first-order chi connectivity index (χ1) is 8.02. The Balaban J connectivity index is 3.17. The van der Waals surface area contributed by atoms with E-state index in [2.05, 4.69) is 4.72 Å². The molecule has 0 aliphatic heterocycles. The molecule has 0 aromatic heterocycles. The topological polar surface area (TPSA) is 106 Å². The van der Waals surface area contributed by atoms with Crippen LogP contribution < -0.4 is 10.5 Å². The van der Waals surface area contributed by atoms with Crippen LogP contribution in [0, 0.1) is 13.8 Å². The number of sulfone groups is 1. The van der Waals surface area contributed by atoms with E-state index in [1.54, 1.807) is 26.0 Å². The summed E-state index contributed by atoms with van der Waals surface area (Å²) < 4.78 is 47.7. The van der Waals surface area contributed by atoms with E-state index in [4.69, 9.17) is 5.73 Å². The third-order valence-electron chi connectivity index (χ3n) is 2.34. The molecule has 6 nitrogen and oxygen atoms in total. The van der Waals surface area contributed by atoms with Crippen molar-refractivity contribution in [3.8, 4) is 0 Å². The lowest BCUT2D eigenvalue weighted by Gasteiger charge is -2.14. The van der Waals surface area contributed by atoms with Gasteiger partial charge in [0, 0.05) is 11.9 Å². The normalized spacial score (nSPS) is 12.4. The largest absolute Gasteiger partial charge is 0.398 e. The molecule has 0 aliphatic carbocycles. The van der Waals surface area contributed by atoms with Crippen LogP contribution in [0.2, 0.25) is 0 Å². The van der Waals surface area contributed by atoms with Gasteiger partial charge >= 0.3 is 0 Å². The van der Waals surface area contributed by atoms with Crippen LogP contribution in [0.5, 0.6) is 0 Å². The number of nitrogens with two attached hydrogens (primary N) is 1. The van der Waals surface area contributed by atoms with Gasteiger partial charge in [0.15, 0.2) is 14.9 Å². The molecule has 0 atom stereocenters. The maximum atomic E-state index is 11.7. The molecule has 1 rings (SSSR count). The average Bonchev–Trinajstić information content (AvgIpc) is 2.15. The van der Waals surface area contributed by atoms with E-state index in [0.717, 1.165) is 6.26 Å². The van der Waals surface area contributed by atoms with Crippen LogP contribution in [0.4, 0.5) is 11.4 Å². The zero-order chi connectivity index (χ0) is 14.1. The fourth-order valence-corrected chi connectivity index (χ4v) is 4.60. The zero-order valence-electron chi connectivity index (χ0n) is 10.4. The van der Waals surface area contributed by atoms with E-state index >= 15 is 0 Å². The summed E-state index contributed by atoms with van der Waals surface area (Å²) in [4.78, 5) is 0. The maximum Gasteiger partial charge on any atom is 0.247 e. The van der Waals surface area contributed by atoms with Crippen molar-refractivity contribution in [2.45, 2.75) is 13.8 Å². The quantitative estimate of drug-likeness (QED) is 0.792. The van der Waals surface area contributed by atoms with Gasteiger partial charge in [0.2, 0.25) is 10.0 Å². The molecule has 0 fully saturated rings. The smallest absolute Gasteiger partial charge is 0.247 e. The minimum Gasteiger partial charge on any atom is -0.398 e. The number of anilines is 2. The minimum atomic E-state index is -3.95. The number of aryl methyl sites for hydroxylation is 1. The first kappa shape index (κ1) is 14.8. The Kier molecular flexibility index (Phi) is 3.92. The maximum absolute atomic E-state index is 11.7. The summed E-state index contributed by atoms with van der Waals surface area (Å²) in [5.74, 6) is 0. The third kappa shape index (κ3) is 3.88. The molecule has 0 radical (unpaired) electrons. The summed E-state index contributed by atoms with van der Waals surface area (Å²) in [6.07, 6.45) is 0.866. The van der Waals surface area contributed by atoms with Crippen molar-refractivity contribution >= 4 is 31.2 Å². The molecular formula is C10H16N2O4S2. The number of hydrogen-bond acceptors (Lipinski definition) is 5. The second-order valence-electron chi connectivity index (χ2n) is 4.23. The summed E-state index contributed by atoms with van der Waals surface area (Å²) in [7, 11) is -7.57. The van der Waals surface area contributed by atoms with Crippen LogP contribution in [0.1, 0.15) is 11.1 Å². The Morgan fingerprint density at radius 3 is 2.22 bits per heavy atom. The predicted molar refractivity (Wildman–Crippen MR) is 72.6 cm³/mol. The summed E-state index contributed by atoms with van der Waals surface area (Å²) >= 11 is 0. The van der Waals surface area contributed by atoms with Gasteiger partial charge in [-0.2, -0.15) is 0 Å². The van der Waals surface area contributed by atoms with Gasteiger partial charge in [-0.05, 0) is 31.0 Å². The molecular weight excluding hydrogens is 276 g/mol. The molecule has 3 N–H and O–H groups in total. The lowest BCUT2D eigenvalue weighted by atomic mass is 10.1. The van der Waals surface area contributed by atoms with Crippen molar-refractivity contribution in [2.75, 3.05) is 21.8 Å². The van der Waals surface area contributed by atoms with Crippen LogP contribution >= 0.6 is 0 Å². The fourth-order valence-electron chi connectivity index (χ4n) is 1.49. The number of hydrogen-bond donors (Lipinski definition) is 2. The molecule has 1 aromatic carbocycles. The second kappa shape index (κ2) is 4.77. The van der Waals surface area contributed by atoms with E-state index < -0.39 is 24.9 Å². The molecule has 0 amide bonds. The third-order valence-corrected chi connectivity index (χ3v) is 5.81. The Bertz CT molecular complexity index is 663. The zero-order valence-corrected chi connectivity index (χ0v) is 12.0. The SMILES string of the molecule is Cc1ccc(N)c(C)c1NS(=O)(=O)CS(C)(=O)=O. The highest BCUT2D eigenvalue weighted by Crippen LogP contribution is 2.26. The van der Waals surface area contributed by atoms with Gasteiger partial charge < -0.3 is 5.73 Å². The number of nitrogens with one attached hydrogen (secondary N) is 1. The van der Waals surface area contributed by atoms with Crippen LogP contribution in [-0.2, 0) is 19.9 Å². The summed E-state index contributed by atoms with van der Waals surface area (Å²) in [6, 6.07) is 3.33. The van der Waals surface area contributed by atoms with E-state index in [0.29, 0.717) is 22.5 Å². The predicted octanol–water partition coefficient (Wildman–Crippen LogP) is 0.629. The van der Waals surface area contributed by atoms with Gasteiger partial charge in [-0.25, -0.2) is 16.8 Å². The molecule has 0 saturated heterocycles. The molecule has 102 valence electrons. The van der Waals surface area contributed by atoms with Gasteiger partial charge in [-0.1, -0.05) is 6.07 Å². The summed E-state index contributed by atoms with van der Waals surface area (Å²) in [5, 5.41) is -0.951. The molecule has 18 heavy (non-hydrogen) atoms. The van der Waals surface area contributed by atoms with Gasteiger partial charge in [-0.15, -0.1) is 0 Å². The van der Waals surface area contributed by atoms with Gasteiger partial charge in [0.25, 0.3) is 0 Å². The molecule has 0 bridgehead atoms. The Morgan fingerprint density at radius 1 is 1.17 bits per heavy atom. The van der Waals surface area contributed by atoms with Gasteiger partial charge in [0.1, 0.15) is 0 Å². The molecule has 0 unspecified atom stereocenters. The molecule has 0 saturated carbocycles. The number of rotatable bonds is 4. The van der Waals surface area contributed by atoms with E-state index in [1.165, 1.54) is 0 Å². The van der Waals surface area contributed by atoms with Crippen molar-refractivity contribution < 1.29 is 16.8 Å². The Labute approximate surface area is 107 Å². The Morgan fingerprint density at radius 2 is 1.72 bits per heavy atom. The lowest BCUT2D eigenvalue weighted by molar-refractivity contribution is 0.595. The van der Waals surface area contributed by atoms with Crippen LogP contribution in [0.15, 0.2) is 12.1 Å². The number of benzene rings is 1. The van der Waals surface area contributed by atoms with Crippen molar-refractivity contribution in [2.24, 2.45) is 0 Å². The van der Waals surface area contributed by atoms with Crippen molar-refractivity contribution in [3.05, 3.63) is 23.3 Å². The van der Waals surface area contributed by atoms with Crippen molar-refractivity contribution in [1.82, 2.24) is 0 Å². The minimum absolute atomic E-state index is 0.332. The fraction of sp³-hybridized carbons (Fsp3) is 0.400. The molecule has 0 heterocycles. The highest BCUT2D eigenvalue weighted by atomic mass is 32.3.